The van der Waals surface area contributed by atoms with Gasteiger partial charge in [-0.1, -0.05) is 0 Å². The molecule has 0 N–H and O–H groups in total. The lowest BCUT2D eigenvalue weighted by Crippen LogP contribution is -2.09. The quantitative estimate of drug-likeness (QED) is 0.480. The summed E-state index contributed by atoms with van der Waals surface area (Å²) in [6.07, 6.45) is -3.17. The number of aromatic nitrogens is 1. The molecular formula is C9H7F3INO2. The summed E-state index contributed by atoms with van der Waals surface area (Å²) >= 11 is 1.50. The van der Waals surface area contributed by atoms with E-state index in [4.69, 9.17) is 0 Å². The lowest BCUT2D eigenvalue weighted by atomic mass is 10.2. The van der Waals surface area contributed by atoms with Gasteiger partial charge in [0.15, 0.2) is 0 Å². The minimum absolute atomic E-state index is 0.0677. The second-order valence-electron chi connectivity index (χ2n) is 2.85. The summed E-state index contributed by atoms with van der Waals surface area (Å²) in [6, 6.07) is 0.820. The number of rotatable bonds is 3. The maximum absolute atomic E-state index is 13.2. The molecule has 0 atom stereocenters. The van der Waals surface area contributed by atoms with Crippen LogP contribution in [0.1, 0.15) is 17.7 Å². The number of ether oxygens (including phenoxy) is 1. The zero-order valence-corrected chi connectivity index (χ0v) is 10.3. The van der Waals surface area contributed by atoms with E-state index in [9.17, 15) is 18.0 Å². The van der Waals surface area contributed by atoms with Gasteiger partial charge in [-0.3, -0.25) is 4.79 Å². The molecule has 0 aromatic carbocycles. The van der Waals surface area contributed by atoms with E-state index < -0.39 is 23.8 Å². The molecule has 0 saturated carbocycles. The van der Waals surface area contributed by atoms with Crippen molar-refractivity contribution in [3.63, 3.8) is 0 Å². The number of carbonyl (C=O) groups excluding carboxylic acids is 1. The molecule has 0 bridgehead atoms. The maximum Gasteiger partial charge on any atom is 0.311 e. The average molecular weight is 345 g/mol. The van der Waals surface area contributed by atoms with E-state index in [2.05, 4.69) is 9.72 Å². The number of carbonyl (C=O) groups is 1. The first-order valence-corrected chi connectivity index (χ1v) is 5.23. The molecule has 0 aliphatic rings. The SMILES string of the molecule is COC(=O)Cc1cc(F)c(C(F)F)c(I)n1. The van der Waals surface area contributed by atoms with Gasteiger partial charge in [0.25, 0.3) is 6.43 Å². The van der Waals surface area contributed by atoms with Gasteiger partial charge in [-0.25, -0.2) is 18.2 Å². The van der Waals surface area contributed by atoms with E-state index in [1.807, 2.05) is 0 Å². The van der Waals surface area contributed by atoms with Crippen molar-refractivity contribution in [2.45, 2.75) is 12.8 Å². The number of hydrogen-bond acceptors (Lipinski definition) is 3. The number of hydrogen-bond donors (Lipinski definition) is 0. The number of esters is 1. The standard InChI is InChI=1S/C9H7F3INO2/c1-16-6(15)3-4-2-5(10)7(8(11)12)9(13)14-4/h2,8H,3H2,1H3. The van der Waals surface area contributed by atoms with Crippen LogP contribution in [-0.4, -0.2) is 18.1 Å². The minimum atomic E-state index is -2.92. The van der Waals surface area contributed by atoms with Gasteiger partial charge in [0.1, 0.15) is 9.52 Å². The Morgan fingerprint density at radius 3 is 2.69 bits per heavy atom. The highest BCUT2D eigenvalue weighted by atomic mass is 127. The van der Waals surface area contributed by atoms with Crippen LogP contribution in [0.25, 0.3) is 0 Å². The van der Waals surface area contributed by atoms with Crippen LogP contribution >= 0.6 is 22.6 Å². The van der Waals surface area contributed by atoms with Crippen molar-refractivity contribution < 1.29 is 22.7 Å². The maximum atomic E-state index is 13.2. The van der Waals surface area contributed by atoms with Gasteiger partial charge >= 0.3 is 5.97 Å². The van der Waals surface area contributed by atoms with Crippen LogP contribution < -0.4 is 0 Å². The highest BCUT2D eigenvalue weighted by Gasteiger charge is 2.20. The van der Waals surface area contributed by atoms with Crippen LogP contribution in [0, 0.1) is 9.52 Å². The Labute approximate surface area is 103 Å². The molecule has 0 fully saturated rings. The summed E-state index contributed by atoms with van der Waals surface area (Å²) in [5, 5.41) is 0. The van der Waals surface area contributed by atoms with Crippen molar-refractivity contribution in [3.05, 3.63) is 26.8 Å². The van der Waals surface area contributed by atoms with Gasteiger partial charge in [0, 0.05) is 0 Å². The predicted octanol–water partition coefficient (Wildman–Crippen LogP) is 2.48. The summed E-state index contributed by atoms with van der Waals surface area (Å²) in [6.45, 7) is 0. The summed E-state index contributed by atoms with van der Waals surface area (Å²) in [5.74, 6) is -1.67. The van der Waals surface area contributed by atoms with Crippen molar-refractivity contribution in [2.24, 2.45) is 0 Å². The second-order valence-corrected chi connectivity index (χ2v) is 3.88. The minimum Gasteiger partial charge on any atom is -0.469 e. The number of nitrogens with zero attached hydrogens (tertiary/aromatic N) is 1. The van der Waals surface area contributed by atoms with Gasteiger partial charge < -0.3 is 4.74 Å². The van der Waals surface area contributed by atoms with Crippen LogP contribution in [0.2, 0.25) is 0 Å². The third-order valence-corrected chi connectivity index (χ3v) is 2.61. The van der Waals surface area contributed by atoms with E-state index in [0.717, 1.165) is 6.07 Å². The zero-order valence-electron chi connectivity index (χ0n) is 8.14. The summed E-state index contributed by atoms with van der Waals surface area (Å²) in [4.78, 5) is 14.6. The lowest BCUT2D eigenvalue weighted by molar-refractivity contribution is -0.139. The van der Waals surface area contributed by atoms with Crippen molar-refractivity contribution in [2.75, 3.05) is 7.11 Å². The predicted molar refractivity (Wildman–Crippen MR) is 57.6 cm³/mol. The lowest BCUT2D eigenvalue weighted by Gasteiger charge is -2.06. The molecule has 0 amide bonds. The Bertz CT molecular complexity index is 389. The molecule has 16 heavy (non-hydrogen) atoms. The monoisotopic (exact) mass is 345 g/mol. The fourth-order valence-corrected chi connectivity index (χ4v) is 1.85. The molecule has 1 aromatic rings. The fraction of sp³-hybridized carbons (Fsp3) is 0.333. The van der Waals surface area contributed by atoms with Crippen molar-refractivity contribution >= 4 is 28.6 Å². The molecular weight excluding hydrogens is 338 g/mol. The van der Waals surface area contributed by atoms with E-state index in [-0.39, 0.29) is 15.8 Å². The third-order valence-electron chi connectivity index (χ3n) is 1.79. The zero-order chi connectivity index (χ0) is 12.3. The average Bonchev–Trinajstić information content (AvgIpc) is 2.15. The number of pyridine rings is 1. The topological polar surface area (TPSA) is 39.2 Å². The Kier molecular flexibility index (Phi) is 4.51. The molecule has 1 rings (SSSR count). The largest absolute Gasteiger partial charge is 0.469 e. The Balaban J connectivity index is 3.05. The van der Waals surface area contributed by atoms with Crippen LogP contribution in [-0.2, 0) is 16.0 Å². The molecule has 1 aromatic heterocycles. The first-order valence-electron chi connectivity index (χ1n) is 4.15. The van der Waals surface area contributed by atoms with Gasteiger partial charge in [-0.05, 0) is 28.7 Å². The number of methoxy groups -OCH3 is 1. The Hall–Kier alpha value is -0.860. The number of alkyl halides is 2. The van der Waals surface area contributed by atoms with E-state index >= 15 is 0 Å². The van der Waals surface area contributed by atoms with Crippen LogP contribution in [0.3, 0.4) is 0 Å². The van der Waals surface area contributed by atoms with Crippen molar-refractivity contribution in [1.82, 2.24) is 4.98 Å². The molecule has 0 radical (unpaired) electrons. The van der Waals surface area contributed by atoms with E-state index in [0.29, 0.717) is 0 Å². The smallest absolute Gasteiger partial charge is 0.311 e. The van der Waals surface area contributed by atoms with Gasteiger partial charge in [0.05, 0.1) is 24.8 Å². The van der Waals surface area contributed by atoms with Gasteiger partial charge in [0.2, 0.25) is 0 Å². The van der Waals surface area contributed by atoms with Crippen LogP contribution in [0.5, 0.6) is 0 Å². The molecule has 1 heterocycles. The van der Waals surface area contributed by atoms with Gasteiger partial charge in [-0.15, -0.1) is 0 Å². The normalized spacial score (nSPS) is 10.6. The molecule has 0 aliphatic carbocycles. The first kappa shape index (κ1) is 13.2. The molecule has 88 valence electrons. The Morgan fingerprint density at radius 1 is 1.62 bits per heavy atom. The molecule has 0 saturated heterocycles. The van der Waals surface area contributed by atoms with E-state index in [1.54, 1.807) is 0 Å². The molecule has 0 unspecified atom stereocenters. The third kappa shape index (κ3) is 3.06. The molecule has 0 aliphatic heterocycles. The number of halogens is 4. The van der Waals surface area contributed by atoms with Crippen LogP contribution in [0.4, 0.5) is 13.2 Å². The molecule has 3 nitrogen and oxygen atoms in total. The van der Waals surface area contributed by atoms with E-state index in [1.165, 1.54) is 29.7 Å². The highest BCUT2D eigenvalue weighted by Crippen LogP contribution is 2.26. The molecule has 0 spiro atoms. The Morgan fingerprint density at radius 2 is 2.25 bits per heavy atom. The fourth-order valence-electron chi connectivity index (χ4n) is 1.05. The van der Waals surface area contributed by atoms with Crippen molar-refractivity contribution in [1.29, 1.82) is 0 Å². The first-order chi connectivity index (χ1) is 7.45. The van der Waals surface area contributed by atoms with Crippen molar-refractivity contribution in [3.8, 4) is 0 Å². The van der Waals surface area contributed by atoms with Crippen LogP contribution in [0.15, 0.2) is 6.07 Å². The van der Waals surface area contributed by atoms with Gasteiger partial charge in [-0.2, -0.15) is 0 Å². The summed E-state index contributed by atoms with van der Waals surface area (Å²) in [7, 11) is 1.18. The molecule has 7 heteroatoms. The summed E-state index contributed by atoms with van der Waals surface area (Å²) < 4.78 is 42.2. The second kappa shape index (κ2) is 5.46. The summed E-state index contributed by atoms with van der Waals surface area (Å²) in [5.41, 5.74) is -0.674. The highest BCUT2D eigenvalue weighted by molar-refractivity contribution is 14.1.